The van der Waals surface area contributed by atoms with E-state index in [9.17, 15) is 0 Å². The summed E-state index contributed by atoms with van der Waals surface area (Å²) in [6, 6.07) is 9.71. The molecule has 1 heterocycles. The third-order valence-electron chi connectivity index (χ3n) is 2.60. The first-order chi connectivity index (χ1) is 8.20. The van der Waals surface area contributed by atoms with E-state index in [0.29, 0.717) is 12.4 Å². The van der Waals surface area contributed by atoms with Crippen molar-refractivity contribution >= 4 is 0 Å². The van der Waals surface area contributed by atoms with Crippen LogP contribution in [0.1, 0.15) is 16.7 Å². The molecule has 0 saturated heterocycles. The number of pyridine rings is 1. The molecule has 88 valence electrons. The molecule has 0 amide bonds. The van der Waals surface area contributed by atoms with Crippen LogP contribution < -0.4 is 10.5 Å². The average molecular weight is 228 g/mol. The van der Waals surface area contributed by atoms with Gasteiger partial charge in [-0.05, 0) is 36.6 Å². The summed E-state index contributed by atoms with van der Waals surface area (Å²) in [5.74, 6) is 1.47. The maximum Gasteiger partial charge on any atom is 0.219 e. The Kier molecular flexibility index (Phi) is 3.40. The van der Waals surface area contributed by atoms with Gasteiger partial charge in [0.05, 0.1) is 0 Å². The second-order valence-corrected chi connectivity index (χ2v) is 4.03. The molecule has 2 aromatic rings. The normalized spacial score (nSPS) is 10.3. The summed E-state index contributed by atoms with van der Waals surface area (Å²) >= 11 is 0. The van der Waals surface area contributed by atoms with Crippen molar-refractivity contribution in [2.24, 2.45) is 5.73 Å². The molecule has 0 aliphatic heterocycles. The van der Waals surface area contributed by atoms with Gasteiger partial charge in [-0.3, -0.25) is 0 Å². The molecular formula is C14H16N2O. The van der Waals surface area contributed by atoms with Gasteiger partial charge in [0.2, 0.25) is 5.88 Å². The molecule has 3 heteroatoms. The second kappa shape index (κ2) is 4.97. The van der Waals surface area contributed by atoms with Crippen molar-refractivity contribution in [3.8, 4) is 11.6 Å². The fourth-order valence-corrected chi connectivity index (χ4v) is 1.83. The highest BCUT2D eigenvalue weighted by Gasteiger charge is 2.07. The van der Waals surface area contributed by atoms with Crippen molar-refractivity contribution < 1.29 is 4.74 Å². The number of hydrogen-bond acceptors (Lipinski definition) is 3. The molecular weight excluding hydrogens is 212 g/mol. The van der Waals surface area contributed by atoms with Crippen LogP contribution in [0, 0.1) is 13.8 Å². The molecule has 0 aliphatic rings. The zero-order chi connectivity index (χ0) is 12.3. The SMILES string of the molecule is Cc1cc(CN)cc(C)c1Oc1ccccn1. The van der Waals surface area contributed by atoms with Crippen molar-refractivity contribution in [1.82, 2.24) is 4.98 Å². The minimum Gasteiger partial charge on any atom is -0.438 e. The van der Waals surface area contributed by atoms with Gasteiger partial charge in [0.1, 0.15) is 5.75 Å². The first-order valence-corrected chi connectivity index (χ1v) is 5.60. The van der Waals surface area contributed by atoms with Gasteiger partial charge in [0.15, 0.2) is 0 Å². The number of hydrogen-bond donors (Lipinski definition) is 1. The number of ether oxygens (including phenoxy) is 1. The maximum atomic E-state index is 5.79. The van der Waals surface area contributed by atoms with Crippen molar-refractivity contribution in [3.63, 3.8) is 0 Å². The highest BCUT2D eigenvalue weighted by Crippen LogP contribution is 2.28. The topological polar surface area (TPSA) is 48.1 Å². The summed E-state index contributed by atoms with van der Waals surface area (Å²) in [4.78, 5) is 4.15. The van der Waals surface area contributed by atoms with Crippen LogP contribution in [0.3, 0.4) is 0 Å². The summed E-state index contributed by atoms with van der Waals surface area (Å²) in [6.07, 6.45) is 1.72. The Labute approximate surface area is 101 Å². The van der Waals surface area contributed by atoms with Crippen LogP contribution in [0.5, 0.6) is 11.6 Å². The fraction of sp³-hybridized carbons (Fsp3) is 0.214. The zero-order valence-corrected chi connectivity index (χ0v) is 10.1. The van der Waals surface area contributed by atoms with Crippen LogP contribution in [0.2, 0.25) is 0 Å². The van der Waals surface area contributed by atoms with Crippen molar-refractivity contribution in [3.05, 3.63) is 53.2 Å². The predicted octanol–water partition coefficient (Wildman–Crippen LogP) is 2.95. The standard InChI is InChI=1S/C14H16N2O/c1-10-7-12(9-15)8-11(2)14(10)17-13-5-3-4-6-16-13/h3-8H,9,15H2,1-2H3. The molecule has 0 radical (unpaired) electrons. The lowest BCUT2D eigenvalue weighted by Gasteiger charge is -2.12. The Morgan fingerprint density at radius 1 is 1.18 bits per heavy atom. The lowest BCUT2D eigenvalue weighted by molar-refractivity contribution is 0.456. The summed E-state index contributed by atoms with van der Waals surface area (Å²) in [5.41, 5.74) is 8.92. The van der Waals surface area contributed by atoms with E-state index in [0.717, 1.165) is 22.4 Å². The largest absolute Gasteiger partial charge is 0.438 e. The fourth-order valence-electron chi connectivity index (χ4n) is 1.83. The maximum absolute atomic E-state index is 5.79. The first kappa shape index (κ1) is 11.6. The molecule has 0 saturated carbocycles. The Hall–Kier alpha value is -1.87. The summed E-state index contributed by atoms with van der Waals surface area (Å²) in [5, 5.41) is 0. The number of nitrogens with zero attached hydrogens (tertiary/aromatic N) is 1. The van der Waals surface area contributed by atoms with E-state index in [-0.39, 0.29) is 0 Å². The van der Waals surface area contributed by atoms with E-state index >= 15 is 0 Å². The highest BCUT2D eigenvalue weighted by atomic mass is 16.5. The summed E-state index contributed by atoms with van der Waals surface area (Å²) in [7, 11) is 0. The van der Waals surface area contributed by atoms with E-state index in [4.69, 9.17) is 10.5 Å². The molecule has 0 spiro atoms. The van der Waals surface area contributed by atoms with Gasteiger partial charge in [0.25, 0.3) is 0 Å². The third kappa shape index (κ3) is 2.63. The molecule has 0 fully saturated rings. The lowest BCUT2D eigenvalue weighted by Crippen LogP contribution is -1.99. The lowest BCUT2D eigenvalue weighted by atomic mass is 10.1. The Morgan fingerprint density at radius 3 is 2.41 bits per heavy atom. The molecule has 0 atom stereocenters. The first-order valence-electron chi connectivity index (χ1n) is 5.60. The minimum atomic E-state index is 0.547. The van der Waals surface area contributed by atoms with Gasteiger partial charge in [-0.1, -0.05) is 18.2 Å². The molecule has 2 N–H and O–H groups in total. The van der Waals surface area contributed by atoms with Crippen molar-refractivity contribution in [2.75, 3.05) is 0 Å². The molecule has 0 aliphatic carbocycles. The molecule has 0 bridgehead atoms. The molecule has 2 rings (SSSR count). The summed E-state index contributed by atoms with van der Waals surface area (Å²) in [6.45, 7) is 4.58. The van der Waals surface area contributed by atoms with Crippen LogP contribution in [-0.2, 0) is 6.54 Å². The third-order valence-corrected chi connectivity index (χ3v) is 2.60. The number of aryl methyl sites for hydroxylation is 2. The Balaban J connectivity index is 2.33. The van der Waals surface area contributed by atoms with Gasteiger partial charge in [-0.25, -0.2) is 4.98 Å². The van der Waals surface area contributed by atoms with E-state index in [1.807, 2.05) is 44.2 Å². The second-order valence-electron chi connectivity index (χ2n) is 4.03. The average Bonchev–Trinajstić information content (AvgIpc) is 2.35. The quantitative estimate of drug-likeness (QED) is 0.878. The predicted molar refractivity (Wildman–Crippen MR) is 68.1 cm³/mol. The van der Waals surface area contributed by atoms with Gasteiger partial charge in [-0.15, -0.1) is 0 Å². The van der Waals surface area contributed by atoms with Gasteiger partial charge < -0.3 is 10.5 Å². The summed E-state index contributed by atoms with van der Waals surface area (Å²) < 4.78 is 5.79. The monoisotopic (exact) mass is 228 g/mol. The number of nitrogens with two attached hydrogens (primary N) is 1. The van der Waals surface area contributed by atoms with Crippen LogP contribution in [0.15, 0.2) is 36.5 Å². The minimum absolute atomic E-state index is 0.547. The van der Waals surface area contributed by atoms with Crippen LogP contribution in [0.4, 0.5) is 0 Å². The molecule has 1 aromatic heterocycles. The van der Waals surface area contributed by atoms with E-state index in [1.165, 1.54) is 0 Å². The molecule has 3 nitrogen and oxygen atoms in total. The van der Waals surface area contributed by atoms with E-state index in [1.54, 1.807) is 6.20 Å². The number of rotatable bonds is 3. The number of benzene rings is 1. The highest BCUT2D eigenvalue weighted by molar-refractivity contribution is 5.44. The smallest absolute Gasteiger partial charge is 0.219 e. The van der Waals surface area contributed by atoms with Crippen LogP contribution in [-0.4, -0.2) is 4.98 Å². The Bertz CT molecular complexity index is 486. The van der Waals surface area contributed by atoms with E-state index < -0.39 is 0 Å². The van der Waals surface area contributed by atoms with Crippen molar-refractivity contribution in [2.45, 2.75) is 20.4 Å². The van der Waals surface area contributed by atoms with Crippen molar-refractivity contribution in [1.29, 1.82) is 0 Å². The van der Waals surface area contributed by atoms with Gasteiger partial charge in [-0.2, -0.15) is 0 Å². The van der Waals surface area contributed by atoms with Gasteiger partial charge in [0, 0.05) is 18.8 Å². The molecule has 17 heavy (non-hydrogen) atoms. The van der Waals surface area contributed by atoms with E-state index in [2.05, 4.69) is 4.98 Å². The molecule has 0 unspecified atom stereocenters. The van der Waals surface area contributed by atoms with Crippen LogP contribution in [0.25, 0.3) is 0 Å². The van der Waals surface area contributed by atoms with Gasteiger partial charge >= 0.3 is 0 Å². The number of aromatic nitrogens is 1. The zero-order valence-electron chi connectivity index (χ0n) is 10.1. The Morgan fingerprint density at radius 2 is 1.88 bits per heavy atom. The van der Waals surface area contributed by atoms with Crippen LogP contribution >= 0.6 is 0 Å². The molecule has 1 aromatic carbocycles.